The van der Waals surface area contributed by atoms with Gasteiger partial charge in [0.05, 0.1) is 0 Å². The largest absolute Gasteiger partial charge is 0.295 e. The van der Waals surface area contributed by atoms with Crippen LogP contribution in [0.2, 0.25) is 0 Å². The molecule has 124 valence electrons. The highest BCUT2D eigenvalue weighted by atomic mass is 16.2. The van der Waals surface area contributed by atoms with Crippen molar-refractivity contribution in [1.29, 1.82) is 0 Å². The van der Waals surface area contributed by atoms with Gasteiger partial charge in [0.1, 0.15) is 6.04 Å². The second kappa shape index (κ2) is 8.22. The van der Waals surface area contributed by atoms with E-state index in [1.807, 2.05) is 26.8 Å². The van der Waals surface area contributed by atoms with Crippen LogP contribution in [-0.2, 0) is 14.4 Å². The lowest BCUT2D eigenvalue weighted by molar-refractivity contribution is -0.139. The molecule has 6 nitrogen and oxygen atoms in total. The maximum Gasteiger partial charge on any atom is 0.261 e. The first-order valence-electron chi connectivity index (χ1n) is 7.63. The van der Waals surface area contributed by atoms with Crippen molar-refractivity contribution in [3.05, 3.63) is 34.9 Å². The molecule has 0 spiro atoms. The lowest BCUT2D eigenvalue weighted by Gasteiger charge is -2.28. The Bertz CT molecular complexity index is 625. The van der Waals surface area contributed by atoms with E-state index in [4.69, 9.17) is 0 Å². The maximum absolute atomic E-state index is 12.5. The number of amides is 4. The van der Waals surface area contributed by atoms with Gasteiger partial charge in [-0.25, -0.2) is 0 Å². The summed E-state index contributed by atoms with van der Waals surface area (Å²) >= 11 is 0. The van der Waals surface area contributed by atoms with Gasteiger partial charge in [0.15, 0.2) is 0 Å². The SMILES string of the molecule is CC.Cc1ccc(C(=O)N(C=O)C2CCC(=O)NC2=O)c(C)c1. The molecular formula is C17H22N2O4. The van der Waals surface area contributed by atoms with Gasteiger partial charge in [-0.3, -0.25) is 29.4 Å². The van der Waals surface area contributed by atoms with Gasteiger partial charge in [-0.1, -0.05) is 31.5 Å². The van der Waals surface area contributed by atoms with E-state index < -0.39 is 17.9 Å². The summed E-state index contributed by atoms with van der Waals surface area (Å²) in [5.74, 6) is -1.53. The predicted molar refractivity (Wildman–Crippen MR) is 85.7 cm³/mol. The van der Waals surface area contributed by atoms with Crippen molar-refractivity contribution in [2.24, 2.45) is 0 Å². The smallest absolute Gasteiger partial charge is 0.261 e. The summed E-state index contributed by atoms with van der Waals surface area (Å²) in [5, 5.41) is 2.14. The Morgan fingerprint density at radius 3 is 2.43 bits per heavy atom. The molecule has 4 amide bonds. The van der Waals surface area contributed by atoms with E-state index in [1.165, 1.54) is 0 Å². The summed E-state index contributed by atoms with van der Waals surface area (Å²) in [6, 6.07) is 4.30. The van der Waals surface area contributed by atoms with Crippen LogP contribution in [0.3, 0.4) is 0 Å². The zero-order valence-corrected chi connectivity index (χ0v) is 13.9. The molecule has 1 atom stereocenters. The zero-order valence-electron chi connectivity index (χ0n) is 13.9. The highest BCUT2D eigenvalue weighted by Crippen LogP contribution is 2.17. The maximum atomic E-state index is 12.5. The fourth-order valence-electron chi connectivity index (χ4n) is 2.40. The Morgan fingerprint density at radius 2 is 1.91 bits per heavy atom. The molecule has 1 aliphatic heterocycles. The number of rotatable bonds is 3. The van der Waals surface area contributed by atoms with Crippen LogP contribution in [0, 0.1) is 13.8 Å². The Labute approximate surface area is 135 Å². The van der Waals surface area contributed by atoms with Gasteiger partial charge in [0, 0.05) is 12.0 Å². The molecule has 6 heteroatoms. The van der Waals surface area contributed by atoms with Crippen molar-refractivity contribution in [3.8, 4) is 0 Å². The van der Waals surface area contributed by atoms with Crippen LogP contribution in [0.5, 0.6) is 0 Å². The quantitative estimate of drug-likeness (QED) is 0.679. The molecule has 1 aromatic carbocycles. The van der Waals surface area contributed by atoms with Crippen molar-refractivity contribution in [1.82, 2.24) is 10.2 Å². The second-order valence-electron chi connectivity index (χ2n) is 5.10. The molecule has 1 heterocycles. The number of carbonyl (C=O) groups excluding carboxylic acids is 4. The molecule has 0 saturated carbocycles. The Hall–Kier alpha value is -2.50. The number of imide groups is 2. The highest BCUT2D eigenvalue weighted by molar-refractivity contribution is 6.07. The number of hydrogen-bond donors (Lipinski definition) is 1. The van der Waals surface area contributed by atoms with E-state index in [0.717, 1.165) is 16.0 Å². The van der Waals surface area contributed by atoms with Crippen molar-refractivity contribution in [2.45, 2.75) is 46.6 Å². The number of hydrogen-bond acceptors (Lipinski definition) is 4. The molecule has 0 aliphatic carbocycles. The monoisotopic (exact) mass is 318 g/mol. The number of carbonyl (C=O) groups is 4. The van der Waals surface area contributed by atoms with Gasteiger partial charge in [0.25, 0.3) is 5.91 Å². The van der Waals surface area contributed by atoms with Crippen molar-refractivity contribution in [3.63, 3.8) is 0 Å². The average molecular weight is 318 g/mol. The lowest BCUT2D eigenvalue weighted by Crippen LogP contribution is -2.53. The molecule has 1 saturated heterocycles. The molecule has 2 rings (SSSR count). The van der Waals surface area contributed by atoms with Gasteiger partial charge in [-0.05, 0) is 31.9 Å². The van der Waals surface area contributed by atoms with Crippen molar-refractivity contribution >= 4 is 24.1 Å². The van der Waals surface area contributed by atoms with Crippen molar-refractivity contribution < 1.29 is 19.2 Å². The van der Waals surface area contributed by atoms with Gasteiger partial charge < -0.3 is 0 Å². The van der Waals surface area contributed by atoms with E-state index in [9.17, 15) is 19.2 Å². The molecule has 1 aliphatic rings. The summed E-state index contributed by atoms with van der Waals surface area (Å²) in [6.07, 6.45) is 0.614. The zero-order chi connectivity index (χ0) is 17.6. The lowest BCUT2D eigenvalue weighted by atomic mass is 10.0. The number of nitrogens with zero attached hydrogens (tertiary/aromatic N) is 1. The Kier molecular flexibility index (Phi) is 6.63. The summed E-state index contributed by atoms with van der Waals surface area (Å²) in [7, 11) is 0. The van der Waals surface area contributed by atoms with Crippen LogP contribution in [0.1, 0.15) is 48.2 Å². The van der Waals surface area contributed by atoms with Crippen LogP contribution in [-0.4, -0.2) is 35.1 Å². The van der Waals surface area contributed by atoms with Gasteiger partial charge in [-0.2, -0.15) is 0 Å². The summed E-state index contributed by atoms with van der Waals surface area (Å²) in [5.41, 5.74) is 2.11. The molecule has 0 radical (unpaired) electrons. The topological polar surface area (TPSA) is 83.6 Å². The Morgan fingerprint density at radius 1 is 1.26 bits per heavy atom. The third-order valence-corrected chi connectivity index (χ3v) is 3.51. The molecule has 1 aromatic rings. The summed E-state index contributed by atoms with van der Waals surface area (Å²) < 4.78 is 0. The summed E-state index contributed by atoms with van der Waals surface area (Å²) in [4.78, 5) is 47.5. The first kappa shape index (κ1) is 18.5. The standard InChI is InChI=1S/C15H16N2O4.C2H6/c1-9-3-4-11(10(2)7-9)15(21)17(8-18)12-5-6-13(19)16-14(12)20;1-2/h3-4,7-8,12H,5-6H2,1-2H3,(H,16,19,20);1-2H3. The minimum atomic E-state index is -0.937. The van der Waals surface area contributed by atoms with Gasteiger partial charge in [0.2, 0.25) is 18.2 Å². The van der Waals surface area contributed by atoms with Crippen LogP contribution in [0.4, 0.5) is 0 Å². The minimum Gasteiger partial charge on any atom is -0.295 e. The normalized spacial score (nSPS) is 16.8. The first-order valence-corrected chi connectivity index (χ1v) is 7.63. The van der Waals surface area contributed by atoms with Crippen LogP contribution in [0.25, 0.3) is 0 Å². The third kappa shape index (κ3) is 4.25. The van der Waals surface area contributed by atoms with Crippen LogP contribution >= 0.6 is 0 Å². The minimum absolute atomic E-state index is 0.112. The highest BCUT2D eigenvalue weighted by Gasteiger charge is 2.35. The fraction of sp³-hybridized carbons (Fsp3) is 0.412. The van der Waals surface area contributed by atoms with E-state index in [0.29, 0.717) is 12.0 Å². The van der Waals surface area contributed by atoms with E-state index >= 15 is 0 Å². The fourth-order valence-corrected chi connectivity index (χ4v) is 2.40. The molecule has 0 aromatic heterocycles. The van der Waals surface area contributed by atoms with Crippen molar-refractivity contribution in [2.75, 3.05) is 0 Å². The number of nitrogens with one attached hydrogen (secondary N) is 1. The molecule has 1 N–H and O–H groups in total. The number of piperidine rings is 1. The van der Waals surface area contributed by atoms with E-state index in [1.54, 1.807) is 19.1 Å². The molecule has 0 bridgehead atoms. The predicted octanol–water partition coefficient (Wildman–Crippen LogP) is 1.73. The van der Waals surface area contributed by atoms with Crippen LogP contribution < -0.4 is 5.32 Å². The number of aryl methyl sites for hydroxylation is 2. The van der Waals surface area contributed by atoms with Gasteiger partial charge >= 0.3 is 0 Å². The average Bonchev–Trinajstić information content (AvgIpc) is 2.52. The Balaban J connectivity index is 0.00000127. The van der Waals surface area contributed by atoms with Crippen LogP contribution in [0.15, 0.2) is 18.2 Å². The summed E-state index contributed by atoms with van der Waals surface area (Å²) in [6.45, 7) is 7.67. The number of benzene rings is 1. The molecule has 1 unspecified atom stereocenters. The van der Waals surface area contributed by atoms with E-state index in [-0.39, 0.29) is 18.7 Å². The first-order chi connectivity index (χ1) is 10.9. The molecule has 23 heavy (non-hydrogen) atoms. The second-order valence-corrected chi connectivity index (χ2v) is 5.10. The molecular weight excluding hydrogens is 296 g/mol. The van der Waals surface area contributed by atoms with Gasteiger partial charge in [-0.15, -0.1) is 0 Å². The van der Waals surface area contributed by atoms with E-state index in [2.05, 4.69) is 5.32 Å². The third-order valence-electron chi connectivity index (χ3n) is 3.51. The molecule has 1 fully saturated rings.